The van der Waals surface area contributed by atoms with Crippen molar-refractivity contribution < 1.29 is 0 Å². The Morgan fingerprint density at radius 2 is 1.59 bits per heavy atom. The molecule has 226 valence electrons. The molecule has 1 aromatic carbocycles. The van der Waals surface area contributed by atoms with Crippen molar-refractivity contribution in [2.24, 2.45) is 10.9 Å². The van der Waals surface area contributed by atoms with Gasteiger partial charge in [0.05, 0.1) is 11.4 Å². The van der Waals surface area contributed by atoms with Gasteiger partial charge in [0.1, 0.15) is 5.84 Å². The molecule has 0 atom stereocenters. The number of hydrogen-bond acceptors (Lipinski definition) is 4. The smallest absolute Gasteiger partial charge is 0.140 e. The highest BCUT2D eigenvalue weighted by Gasteiger charge is 2.27. The molecule has 1 aliphatic carbocycles. The molecule has 4 aliphatic rings. The lowest BCUT2D eigenvalue weighted by molar-refractivity contribution is 0.245. The molecule has 0 bridgehead atoms. The van der Waals surface area contributed by atoms with Gasteiger partial charge in [0, 0.05) is 36.6 Å². The van der Waals surface area contributed by atoms with Crippen molar-refractivity contribution in [1.82, 2.24) is 15.1 Å². The zero-order valence-electron chi connectivity index (χ0n) is 27.5. The van der Waals surface area contributed by atoms with E-state index in [4.69, 9.17) is 4.99 Å². The molecule has 2 fully saturated rings. The molecule has 0 radical (unpaired) electrons. The van der Waals surface area contributed by atoms with E-state index < -0.39 is 0 Å². The number of allylic oxidation sites excluding steroid dienone is 3. The summed E-state index contributed by atoms with van der Waals surface area (Å²) in [6.07, 6.45) is 20.9. The average Bonchev–Trinajstić information content (AvgIpc) is 2.97. The summed E-state index contributed by atoms with van der Waals surface area (Å²) in [4.78, 5) is 9.94. The Labute approximate surface area is 252 Å². The fourth-order valence-electron chi connectivity index (χ4n) is 5.29. The molecule has 1 saturated heterocycles. The highest BCUT2D eigenvalue weighted by molar-refractivity contribution is 6.05. The molecule has 41 heavy (non-hydrogen) atoms. The molecule has 4 heteroatoms. The highest BCUT2D eigenvalue weighted by atomic mass is 15.2. The summed E-state index contributed by atoms with van der Waals surface area (Å²) in [6.45, 7) is 21.0. The number of amidine groups is 1. The molecule has 3 heterocycles. The fraction of sp³-hybridized carbons (Fsp3) is 0.595. The number of aliphatic imine (C=N–C) groups is 1. The van der Waals surface area contributed by atoms with Crippen molar-refractivity contribution in [2.45, 2.75) is 119 Å². The van der Waals surface area contributed by atoms with E-state index in [1.54, 1.807) is 0 Å². The predicted octanol–water partition coefficient (Wildman–Crippen LogP) is 9.53. The van der Waals surface area contributed by atoms with Crippen LogP contribution in [0.25, 0.3) is 5.70 Å². The Kier molecular flexibility index (Phi) is 13.5. The summed E-state index contributed by atoms with van der Waals surface area (Å²) in [5, 5.41) is 3.69. The number of unbranched alkanes of at least 4 members (excludes halogenated alkanes) is 1. The second-order valence-electron chi connectivity index (χ2n) is 12.3. The van der Waals surface area contributed by atoms with Gasteiger partial charge in [-0.2, -0.15) is 0 Å². The summed E-state index contributed by atoms with van der Waals surface area (Å²) in [7, 11) is 0. The third kappa shape index (κ3) is 9.46. The fourth-order valence-corrected chi connectivity index (χ4v) is 5.29. The third-order valence-corrected chi connectivity index (χ3v) is 8.65. The van der Waals surface area contributed by atoms with Crippen LogP contribution < -0.4 is 5.32 Å². The minimum atomic E-state index is 0.659. The van der Waals surface area contributed by atoms with Crippen molar-refractivity contribution in [1.29, 1.82) is 0 Å². The number of nitrogens with one attached hydrogen (secondary N) is 1. The molecular formula is C37H58N4. The molecule has 1 aromatic rings. The monoisotopic (exact) mass is 558 g/mol. The standard InChI is InChI=1S/C28H38N4.C5H10.C4H10/c1-6-8-25-18-27(23-10-9-20(3)21(4)16-23)30-28-22(5)17-26(19-32(25)28)31-14-11-24(12-15-31)29-13-7-2;1-5-3-2-4-5;1-3-4-2/h8-10,16-19,24,29H,6-7,11-15H2,1-5H3;5H,2-4H2,1H3;3-4H2,1-2H3/b25-8+;;. The number of aryl methyl sites for hydroxylation is 2. The van der Waals surface area contributed by atoms with Gasteiger partial charge >= 0.3 is 0 Å². The summed E-state index contributed by atoms with van der Waals surface area (Å²) < 4.78 is 0. The minimum Gasteiger partial charge on any atom is -0.370 e. The van der Waals surface area contributed by atoms with Crippen LogP contribution in [0.5, 0.6) is 0 Å². The van der Waals surface area contributed by atoms with E-state index in [1.165, 1.54) is 85.0 Å². The Morgan fingerprint density at radius 1 is 0.902 bits per heavy atom. The van der Waals surface area contributed by atoms with E-state index in [1.807, 2.05) is 0 Å². The first-order valence-corrected chi connectivity index (χ1v) is 16.6. The van der Waals surface area contributed by atoms with Gasteiger partial charge in [-0.25, -0.2) is 4.99 Å². The van der Waals surface area contributed by atoms with Crippen LogP contribution in [0.2, 0.25) is 0 Å². The van der Waals surface area contributed by atoms with Crippen LogP contribution in [0.4, 0.5) is 0 Å². The lowest BCUT2D eigenvalue weighted by atomic mass is 9.88. The van der Waals surface area contributed by atoms with Gasteiger partial charge in [-0.1, -0.05) is 84.9 Å². The zero-order valence-corrected chi connectivity index (χ0v) is 27.5. The third-order valence-electron chi connectivity index (χ3n) is 8.65. The van der Waals surface area contributed by atoms with Gasteiger partial charge in [-0.15, -0.1) is 0 Å². The van der Waals surface area contributed by atoms with Crippen molar-refractivity contribution in [2.75, 3.05) is 19.6 Å². The summed E-state index contributed by atoms with van der Waals surface area (Å²) in [5.41, 5.74) is 8.61. The zero-order chi connectivity index (χ0) is 29.8. The molecule has 0 aromatic heterocycles. The Morgan fingerprint density at radius 3 is 2.12 bits per heavy atom. The maximum absolute atomic E-state index is 5.11. The molecule has 0 amide bonds. The van der Waals surface area contributed by atoms with Crippen molar-refractivity contribution in [3.63, 3.8) is 0 Å². The van der Waals surface area contributed by atoms with E-state index in [-0.39, 0.29) is 0 Å². The van der Waals surface area contributed by atoms with Crippen LogP contribution in [0.3, 0.4) is 0 Å². The maximum Gasteiger partial charge on any atom is 0.140 e. The number of nitrogens with zero attached hydrogens (tertiary/aromatic N) is 3. The molecule has 3 aliphatic heterocycles. The van der Waals surface area contributed by atoms with Gasteiger partial charge in [0.2, 0.25) is 0 Å². The molecule has 4 nitrogen and oxygen atoms in total. The molecule has 1 saturated carbocycles. The van der Waals surface area contributed by atoms with Gasteiger partial charge in [0.25, 0.3) is 0 Å². The second kappa shape index (κ2) is 16.8. The molecule has 5 rings (SSSR count). The maximum atomic E-state index is 5.11. The van der Waals surface area contributed by atoms with E-state index in [0.29, 0.717) is 6.04 Å². The summed E-state index contributed by atoms with van der Waals surface area (Å²) in [5.74, 6) is 2.11. The van der Waals surface area contributed by atoms with E-state index in [2.05, 4.69) is 113 Å². The number of fused-ring (bicyclic) bond motifs is 1. The largest absolute Gasteiger partial charge is 0.370 e. The molecule has 1 N–H and O–H groups in total. The lowest BCUT2D eigenvalue weighted by Crippen LogP contribution is -2.43. The number of piperidine rings is 1. The quantitative estimate of drug-likeness (QED) is 0.361. The van der Waals surface area contributed by atoms with Gasteiger partial charge in [-0.3, -0.25) is 4.90 Å². The minimum absolute atomic E-state index is 0.659. The first-order chi connectivity index (χ1) is 19.8. The number of benzene rings is 1. The van der Waals surface area contributed by atoms with E-state index in [9.17, 15) is 0 Å². The van der Waals surface area contributed by atoms with Crippen LogP contribution >= 0.6 is 0 Å². The van der Waals surface area contributed by atoms with E-state index in [0.717, 1.165) is 43.5 Å². The van der Waals surface area contributed by atoms with E-state index >= 15 is 0 Å². The lowest BCUT2D eigenvalue weighted by Gasteiger charge is -2.38. The Balaban J connectivity index is 0.000000442. The van der Waals surface area contributed by atoms with Gasteiger partial charge in [0.15, 0.2) is 0 Å². The van der Waals surface area contributed by atoms with Gasteiger partial charge < -0.3 is 10.2 Å². The second-order valence-corrected chi connectivity index (χ2v) is 12.3. The van der Waals surface area contributed by atoms with Crippen LogP contribution in [0, 0.1) is 19.8 Å². The summed E-state index contributed by atoms with van der Waals surface area (Å²) >= 11 is 0. The number of likely N-dealkylation sites (tertiary alicyclic amines) is 1. The molecule has 0 unspecified atom stereocenters. The topological polar surface area (TPSA) is 30.9 Å². The van der Waals surface area contributed by atoms with Crippen LogP contribution in [-0.4, -0.2) is 41.3 Å². The normalized spacial score (nSPS) is 20.0. The molecule has 0 spiro atoms. The van der Waals surface area contributed by atoms with Crippen molar-refractivity contribution >= 4 is 11.5 Å². The number of hydrogen-bond donors (Lipinski definition) is 1. The van der Waals surface area contributed by atoms with Crippen LogP contribution in [0.1, 0.15) is 116 Å². The first-order valence-electron chi connectivity index (χ1n) is 16.6. The van der Waals surface area contributed by atoms with Gasteiger partial charge in [-0.05, 0) is 93.8 Å². The Bertz CT molecular complexity index is 1120. The average molecular weight is 559 g/mol. The predicted molar refractivity (Wildman–Crippen MR) is 180 cm³/mol. The number of rotatable bonds is 7. The Hall–Kier alpha value is -2.59. The van der Waals surface area contributed by atoms with Crippen LogP contribution in [-0.2, 0) is 0 Å². The highest BCUT2D eigenvalue weighted by Crippen LogP contribution is 2.33. The SMILES string of the molecule is CC/C=C1\C=C(c2ccc(C)c(C)c2)N=C2C(C)=CC(N3CCC(NCCC)CC3)=CN21.CC1CCC1.CCCC. The van der Waals surface area contributed by atoms with Crippen molar-refractivity contribution in [3.05, 3.63) is 76.3 Å². The first kappa shape index (κ1) is 32.9. The van der Waals surface area contributed by atoms with Crippen LogP contribution in [0.15, 0.2) is 64.6 Å². The molecular weight excluding hydrogens is 500 g/mol. The van der Waals surface area contributed by atoms with Crippen molar-refractivity contribution in [3.8, 4) is 0 Å². The summed E-state index contributed by atoms with van der Waals surface area (Å²) in [6, 6.07) is 7.30.